The number of carbonyl (C=O) groups is 2. The van der Waals surface area contributed by atoms with Crippen LogP contribution in [0.15, 0.2) is 77.7 Å². The minimum Gasteiger partial charge on any atom is -0.339 e. The van der Waals surface area contributed by atoms with E-state index in [-0.39, 0.29) is 27.1 Å². The molecule has 1 heterocycles. The van der Waals surface area contributed by atoms with Gasteiger partial charge in [0.05, 0.1) is 32.4 Å². The second-order valence-electron chi connectivity index (χ2n) is 7.61. The minimum absolute atomic E-state index is 0.0733. The smallest absolute Gasteiger partial charge is 0.261 e. The quantitative estimate of drug-likeness (QED) is 0.534. The minimum atomic E-state index is -3.79. The molecule has 0 saturated carbocycles. The average molecular weight is 484 g/mol. The third-order valence-electron chi connectivity index (χ3n) is 5.32. The molecule has 0 bridgehead atoms. The molecule has 0 aliphatic carbocycles. The summed E-state index contributed by atoms with van der Waals surface area (Å²) in [6.07, 6.45) is 1.94. The SMILES string of the molecule is O=C(Nc1ccccc1C(=O)N1CCCC1)c1ccc(NS(=O)(=O)c2ccccc2)cc1Cl. The second kappa shape index (κ2) is 9.64. The summed E-state index contributed by atoms with van der Waals surface area (Å²) in [5.41, 5.74) is 1.19. The van der Waals surface area contributed by atoms with Gasteiger partial charge in [-0.05, 0) is 55.3 Å². The highest BCUT2D eigenvalue weighted by Crippen LogP contribution is 2.26. The lowest BCUT2D eigenvalue weighted by Gasteiger charge is -2.18. The van der Waals surface area contributed by atoms with Crippen LogP contribution in [0, 0.1) is 0 Å². The number of benzene rings is 3. The number of rotatable bonds is 6. The molecule has 2 amide bonds. The Morgan fingerprint density at radius 1 is 0.848 bits per heavy atom. The first-order chi connectivity index (χ1) is 15.8. The molecular formula is C24H22ClN3O4S. The Kier molecular flexibility index (Phi) is 6.67. The zero-order chi connectivity index (χ0) is 23.4. The normalized spacial score (nSPS) is 13.5. The molecule has 3 aromatic rings. The van der Waals surface area contributed by atoms with Crippen LogP contribution < -0.4 is 10.0 Å². The molecular weight excluding hydrogens is 462 g/mol. The first-order valence-corrected chi connectivity index (χ1v) is 12.3. The van der Waals surface area contributed by atoms with Gasteiger partial charge >= 0.3 is 0 Å². The predicted molar refractivity (Wildman–Crippen MR) is 128 cm³/mol. The summed E-state index contributed by atoms with van der Waals surface area (Å²) in [5.74, 6) is -0.626. The second-order valence-corrected chi connectivity index (χ2v) is 9.70. The van der Waals surface area contributed by atoms with Crippen molar-refractivity contribution < 1.29 is 18.0 Å². The van der Waals surface area contributed by atoms with Crippen LogP contribution in [0.25, 0.3) is 0 Å². The average Bonchev–Trinajstić information content (AvgIpc) is 3.34. The third kappa shape index (κ3) is 5.18. The lowest BCUT2D eigenvalue weighted by molar-refractivity contribution is 0.0794. The Balaban J connectivity index is 1.52. The molecule has 1 aliphatic heterocycles. The maximum Gasteiger partial charge on any atom is 0.261 e. The predicted octanol–water partition coefficient (Wildman–Crippen LogP) is 4.63. The Morgan fingerprint density at radius 2 is 1.52 bits per heavy atom. The molecule has 0 atom stereocenters. The summed E-state index contributed by atoms with van der Waals surface area (Å²) < 4.78 is 27.5. The van der Waals surface area contributed by atoms with E-state index in [9.17, 15) is 18.0 Å². The molecule has 7 nitrogen and oxygen atoms in total. The van der Waals surface area contributed by atoms with Gasteiger partial charge in [0.25, 0.3) is 21.8 Å². The molecule has 1 saturated heterocycles. The molecule has 170 valence electrons. The molecule has 0 aromatic heterocycles. The molecule has 4 rings (SSSR count). The van der Waals surface area contributed by atoms with E-state index in [1.807, 2.05) is 0 Å². The number of carbonyl (C=O) groups excluding carboxylic acids is 2. The highest BCUT2D eigenvalue weighted by Gasteiger charge is 2.23. The van der Waals surface area contributed by atoms with Gasteiger partial charge < -0.3 is 10.2 Å². The lowest BCUT2D eigenvalue weighted by atomic mass is 10.1. The van der Waals surface area contributed by atoms with Gasteiger partial charge in [-0.15, -0.1) is 0 Å². The van der Waals surface area contributed by atoms with Crippen LogP contribution >= 0.6 is 11.6 Å². The fourth-order valence-electron chi connectivity index (χ4n) is 3.64. The van der Waals surface area contributed by atoms with E-state index in [2.05, 4.69) is 10.0 Å². The number of hydrogen-bond donors (Lipinski definition) is 2. The molecule has 1 fully saturated rings. The van der Waals surface area contributed by atoms with E-state index in [1.54, 1.807) is 47.4 Å². The van der Waals surface area contributed by atoms with Crippen molar-refractivity contribution >= 4 is 44.8 Å². The number of hydrogen-bond acceptors (Lipinski definition) is 4. The van der Waals surface area contributed by atoms with E-state index in [4.69, 9.17) is 11.6 Å². The summed E-state index contributed by atoms with van der Waals surface area (Å²) in [6.45, 7) is 1.40. The maximum absolute atomic E-state index is 12.9. The monoisotopic (exact) mass is 483 g/mol. The van der Waals surface area contributed by atoms with E-state index < -0.39 is 15.9 Å². The lowest BCUT2D eigenvalue weighted by Crippen LogP contribution is -2.28. The van der Waals surface area contributed by atoms with Crippen molar-refractivity contribution in [2.24, 2.45) is 0 Å². The first-order valence-electron chi connectivity index (χ1n) is 10.4. The van der Waals surface area contributed by atoms with Crippen LogP contribution in [0.3, 0.4) is 0 Å². The van der Waals surface area contributed by atoms with E-state index in [0.717, 1.165) is 12.8 Å². The Morgan fingerprint density at radius 3 is 2.21 bits per heavy atom. The van der Waals surface area contributed by atoms with Crippen molar-refractivity contribution in [3.05, 3.63) is 88.9 Å². The Bertz CT molecular complexity index is 1290. The summed E-state index contributed by atoms with van der Waals surface area (Å²) in [6, 6.07) is 19.0. The summed E-state index contributed by atoms with van der Waals surface area (Å²) in [7, 11) is -3.79. The molecule has 3 aromatic carbocycles. The van der Waals surface area contributed by atoms with Crippen LogP contribution in [-0.4, -0.2) is 38.2 Å². The Labute approximate surface area is 197 Å². The molecule has 33 heavy (non-hydrogen) atoms. The van der Waals surface area contributed by atoms with Crippen molar-refractivity contribution in [2.45, 2.75) is 17.7 Å². The molecule has 0 spiro atoms. The van der Waals surface area contributed by atoms with Gasteiger partial charge in [-0.25, -0.2) is 8.42 Å². The summed E-state index contributed by atoms with van der Waals surface area (Å²) >= 11 is 6.30. The third-order valence-corrected chi connectivity index (χ3v) is 7.03. The fraction of sp³-hybridized carbons (Fsp3) is 0.167. The number of amides is 2. The molecule has 2 N–H and O–H groups in total. The van der Waals surface area contributed by atoms with Gasteiger partial charge in [0.15, 0.2) is 0 Å². The van der Waals surface area contributed by atoms with E-state index >= 15 is 0 Å². The number of nitrogens with zero attached hydrogens (tertiary/aromatic N) is 1. The number of anilines is 2. The van der Waals surface area contributed by atoms with Crippen molar-refractivity contribution in [1.82, 2.24) is 4.90 Å². The van der Waals surface area contributed by atoms with Gasteiger partial charge in [-0.3, -0.25) is 14.3 Å². The van der Waals surface area contributed by atoms with Crippen molar-refractivity contribution in [3.63, 3.8) is 0 Å². The van der Waals surface area contributed by atoms with Crippen LogP contribution in [0.1, 0.15) is 33.6 Å². The van der Waals surface area contributed by atoms with Gasteiger partial charge in [0, 0.05) is 13.1 Å². The van der Waals surface area contributed by atoms with Crippen LogP contribution in [-0.2, 0) is 10.0 Å². The maximum atomic E-state index is 12.9. The van der Waals surface area contributed by atoms with Crippen LogP contribution in [0.4, 0.5) is 11.4 Å². The van der Waals surface area contributed by atoms with Crippen molar-refractivity contribution in [3.8, 4) is 0 Å². The topological polar surface area (TPSA) is 95.6 Å². The molecule has 9 heteroatoms. The molecule has 0 unspecified atom stereocenters. The standard InChI is InChI=1S/C24H22ClN3O4S/c25-21-16-17(27-33(31,32)18-8-2-1-3-9-18)12-13-19(21)23(29)26-22-11-5-4-10-20(22)24(30)28-14-6-7-15-28/h1-5,8-13,16,27H,6-7,14-15H2,(H,26,29). The molecule has 1 aliphatic rings. The summed E-state index contributed by atoms with van der Waals surface area (Å²) in [5, 5.41) is 2.83. The van der Waals surface area contributed by atoms with Crippen LogP contribution in [0.2, 0.25) is 5.02 Å². The summed E-state index contributed by atoms with van der Waals surface area (Å²) in [4.78, 5) is 27.6. The van der Waals surface area contributed by atoms with Gasteiger partial charge in [0.1, 0.15) is 0 Å². The van der Waals surface area contributed by atoms with Crippen molar-refractivity contribution in [1.29, 1.82) is 0 Å². The number of likely N-dealkylation sites (tertiary alicyclic amines) is 1. The zero-order valence-corrected chi connectivity index (χ0v) is 19.2. The first kappa shape index (κ1) is 22.8. The van der Waals surface area contributed by atoms with Crippen molar-refractivity contribution in [2.75, 3.05) is 23.1 Å². The highest BCUT2D eigenvalue weighted by atomic mass is 35.5. The molecule has 0 radical (unpaired) electrons. The van der Waals surface area contributed by atoms with Gasteiger partial charge in [-0.1, -0.05) is 41.9 Å². The zero-order valence-electron chi connectivity index (χ0n) is 17.6. The fourth-order valence-corrected chi connectivity index (χ4v) is 4.97. The van der Waals surface area contributed by atoms with E-state index in [1.165, 1.54) is 30.3 Å². The number of para-hydroxylation sites is 1. The van der Waals surface area contributed by atoms with Crippen LogP contribution in [0.5, 0.6) is 0 Å². The number of sulfonamides is 1. The Hall–Kier alpha value is -3.36. The van der Waals surface area contributed by atoms with E-state index in [0.29, 0.717) is 24.3 Å². The highest BCUT2D eigenvalue weighted by molar-refractivity contribution is 7.92. The van der Waals surface area contributed by atoms with Gasteiger partial charge in [-0.2, -0.15) is 0 Å². The number of halogens is 1. The number of nitrogens with one attached hydrogen (secondary N) is 2. The largest absolute Gasteiger partial charge is 0.339 e. The van der Waals surface area contributed by atoms with Gasteiger partial charge in [0.2, 0.25) is 0 Å².